The van der Waals surface area contributed by atoms with Crippen LogP contribution in [-0.2, 0) is 11.3 Å². The number of rotatable bonds is 7. The van der Waals surface area contributed by atoms with Gasteiger partial charge in [-0.3, -0.25) is 4.79 Å². The van der Waals surface area contributed by atoms with E-state index in [9.17, 15) is 4.79 Å². The summed E-state index contributed by atoms with van der Waals surface area (Å²) < 4.78 is 0. The summed E-state index contributed by atoms with van der Waals surface area (Å²) in [5.74, 6) is 0.161. The third-order valence-corrected chi connectivity index (χ3v) is 3.62. The van der Waals surface area contributed by atoms with Gasteiger partial charge in [0.15, 0.2) is 0 Å². The van der Waals surface area contributed by atoms with E-state index in [4.69, 9.17) is 23.2 Å². The summed E-state index contributed by atoms with van der Waals surface area (Å²) in [6, 6.07) is 5.93. The van der Waals surface area contributed by atoms with Crippen molar-refractivity contribution in [2.75, 3.05) is 6.54 Å². The zero-order chi connectivity index (χ0) is 13.7. The quantitative estimate of drug-likeness (QED) is 0.760. The second kappa shape index (κ2) is 7.13. The molecule has 1 aromatic rings. The fourth-order valence-corrected chi connectivity index (χ4v) is 2.26. The lowest BCUT2D eigenvalue weighted by molar-refractivity contribution is -0.121. The van der Waals surface area contributed by atoms with E-state index in [0.717, 1.165) is 31.4 Å². The Bertz CT molecular complexity index is 447. The standard InChI is InChI=1S/C14H18Cl2N2O/c15-11-4-3-10(13(16)8-11)9-17-7-1-2-14(19)18-12-5-6-12/h3-4,8,12,17H,1-2,5-7,9H2,(H,18,19). The Morgan fingerprint density at radius 3 is 2.79 bits per heavy atom. The van der Waals surface area contributed by atoms with Crippen molar-refractivity contribution >= 4 is 29.1 Å². The molecule has 1 aliphatic rings. The average molecular weight is 301 g/mol. The summed E-state index contributed by atoms with van der Waals surface area (Å²) in [6.45, 7) is 1.50. The normalized spacial score (nSPS) is 14.4. The molecular formula is C14H18Cl2N2O. The molecule has 104 valence electrons. The van der Waals surface area contributed by atoms with Gasteiger partial charge in [0.05, 0.1) is 0 Å². The third-order valence-electron chi connectivity index (χ3n) is 3.03. The van der Waals surface area contributed by atoms with E-state index in [-0.39, 0.29) is 5.91 Å². The lowest BCUT2D eigenvalue weighted by atomic mass is 10.2. The number of benzene rings is 1. The van der Waals surface area contributed by atoms with Crippen LogP contribution in [-0.4, -0.2) is 18.5 Å². The first kappa shape index (κ1) is 14.6. The number of carbonyl (C=O) groups excluding carboxylic acids is 1. The molecule has 0 unspecified atom stereocenters. The van der Waals surface area contributed by atoms with Gasteiger partial charge in [-0.25, -0.2) is 0 Å². The summed E-state index contributed by atoms with van der Waals surface area (Å²) in [5, 5.41) is 7.57. The van der Waals surface area contributed by atoms with Crippen molar-refractivity contribution in [3.63, 3.8) is 0 Å². The van der Waals surface area contributed by atoms with Crippen LogP contribution in [0.15, 0.2) is 18.2 Å². The molecule has 0 aromatic heterocycles. The largest absolute Gasteiger partial charge is 0.353 e. The second-order valence-electron chi connectivity index (χ2n) is 4.86. The first-order chi connectivity index (χ1) is 9.15. The molecule has 1 fully saturated rings. The summed E-state index contributed by atoms with van der Waals surface area (Å²) in [4.78, 5) is 11.4. The molecule has 0 atom stereocenters. The van der Waals surface area contributed by atoms with Gasteiger partial charge in [-0.15, -0.1) is 0 Å². The summed E-state index contributed by atoms with van der Waals surface area (Å²) >= 11 is 11.9. The molecule has 0 aliphatic heterocycles. The van der Waals surface area contributed by atoms with Gasteiger partial charge in [0.25, 0.3) is 0 Å². The maximum atomic E-state index is 11.4. The molecule has 3 nitrogen and oxygen atoms in total. The zero-order valence-electron chi connectivity index (χ0n) is 10.7. The summed E-state index contributed by atoms with van der Waals surface area (Å²) in [6.07, 6.45) is 3.69. The predicted octanol–water partition coefficient (Wildman–Crippen LogP) is 3.14. The maximum Gasteiger partial charge on any atom is 0.220 e. The molecule has 0 bridgehead atoms. The molecule has 2 rings (SSSR count). The van der Waals surface area contributed by atoms with Crippen LogP contribution in [0.5, 0.6) is 0 Å². The van der Waals surface area contributed by atoms with Gasteiger partial charge in [0.2, 0.25) is 5.91 Å². The first-order valence-corrected chi connectivity index (χ1v) is 7.35. The number of halogens is 2. The Balaban J connectivity index is 1.59. The van der Waals surface area contributed by atoms with E-state index >= 15 is 0 Å². The average Bonchev–Trinajstić information content (AvgIpc) is 3.15. The number of amides is 1. The highest BCUT2D eigenvalue weighted by molar-refractivity contribution is 6.35. The van der Waals surface area contributed by atoms with Gasteiger partial charge < -0.3 is 10.6 Å². The second-order valence-corrected chi connectivity index (χ2v) is 5.70. The van der Waals surface area contributed by atoms with E-state index in [0.29, 0.717) is 29.1 Å². The van der Waals surface area contributed by atoms with Crippen molar-refractivity contribution in [1.82, 2.24) is 10.6 Å². The summed E-state index contributed by atoms with van der Waals surface area (Å²) in [5.41, 5.74) is 1.02. The fraction of sp³-hybridized carbons (Fsp3) is 0.500. The minimum atomic E-state index is 0.161. The highest BCUT2D eigenvalue weighted by Gasteiger charge is 2.22. The van der Waals surface area contributed by atoms with Crippen molar-refractivity contribution in [3.05, 3.63) is 33.8 Å². The SMILES string of the molecule is O=C(CCCNCc1ccc(Cl)cc1Cl)NC1CC1. The predicted molar refractivity (Wildman–Crippen MR) is 78.6 cm³/mol. The lowest BCUT2D eigenvalue weighted by Gasteiger charge is -2.07. The van der Waals surface area contributed by atoms with Crippen LogP contribution in [0.25, 0.3) is 0 Å². The Hall–Kier alpha value is -0.770. The number of hydrogen-bond donors (Lipinski definition) is 2. The van der Waals surface area contributed by atoms with Crippen LogP contribution in [0.2, 0.25) is 10.0 Å². The molecular weight excluding hydrogens is 283 g/mol. The summed E-state index contributed by atoms with van der Waals surface area (Å²) in [7, 11) is 0. The Labute approximate surface area is 123 Å². The van der Waals surface area contributed by atoms with Crippen LogP contribution >= 0.6 is 23.2 Å². The molecule has 5 heteroatoms. The van der Waals surface area contributed by atoms with E-state index in [2.05, 4.69) is 10.6 Å². The smallest absolute Gasteiger partial charge is 0.220 e. The maximum absolute atomic E-state index is 11.4. The topological polar surface area (TPSA) is 41.1 Å². The van der Waals surface area contributed by atoms with Crippen LogP contribution in [0, 0.1) is 0 Å². The van der Waals surface area contributed by atoms with Crippen LogP contribution < -0.4 is 10.6 Å². The molecule has 0 spiro atoms. The molecule has 0 heterocycles. The van der Waals surface area contributed by atoms with E-state index in [1.54, 1.807) is 6.07 Å². The Kier molecular flexibility index (Phi) is 5.49. The van der Waals surface area contributed by atoms with Gasteiger partial charge in [-0.2, -0.15) is 0 Å². The van der Waals surface area contributed by atoms with Crippen molar-refractivity contribution in [2.24, 2.45) is 0 Å². The lowest BCUT2D eigenvalue weighted by Crippen LogP contribution is -2.26. The van der Waals surface area contributed by atoms with Crippen molar-refractivity contribution in [2.45, 2.75) is 38.3 Å². The van der Waals surface area contributed by atoms with E-state index in [1.807, 2.05) is 12.1 Å². The minimum absolute atomic E-state index is 0.161. The molecule has 0 radical (unpaired) electrons. The highest BCUT2D eigenvalue weighted by Crippen LogP contribution is 2.20. The van der Waals surface area contributed by atoms with Crippen LogP contribution in [0.4, 0.5) is 0 Å². The van der Waals surface area contributed by atoms with Crippen LogP contribution in [0.3, 0.4) is 0 Å². The van der Waals surface area contributed by atoms with Crippen molar-refractivity contribution < 1.29 is 4.79 Å². The molecule has 2 N–H and O–H groups in total. The Morgan fingerprint density at radius 2 is 2.11 bits per heavy atom. The monoisotopic (exact) mass is 300 g/mol. The van der Waals surface area contributed by atoms with Gasteiger partial charge in [0, 0.05) is 29.1 Å². The molecule has 0 saturated heterocycles. The van der Waals surface area contributed by atoms with E-state index < -0.39 is 0 Å². The molecule has 1 amide bonds. The highest BCUT2D eigenvalue weighted by atomic mass is 35.5. The van der Waals surface area contributed by atoms with E-state index in [1.165, 1.54) is 0 Å². The Morgan fingerprint density at radius 1 is 1.32 bits per heavy atom. The number of nitrogens with one attached hydrogen (secondary N) is 2. The minimum Gasteiger partial charge on any atom is -0.353 e. The van der Waals surface area contributed by atoms with Gasteiger partial charge >= 0.3 is 0 Å². The number of hydrogen-bond acceptors (Lipinski definition) is 2. The number of carbonyl (C=O) groups is 1. The third kappa shape index (κ3) is 5.39. The van der Waals surface area contributed by atoms with Gasteiger partial charge in [-0.05, 0) is 43.5 Å². The molecule has 19 heavy (non-hydrogen) atoms. The van der Waals surface area contributed by atoms with Gasteiger partial charge in [-0.1, -0.05) is 29.3 Å². The first-order valence-electron chi connectivity index (χ1n) is 6.59. The molecule has 1 aromatic carbocycles. The van der Waals surface area contributed by atoms with Gasteiger partial charge in [0.1, 0.15) is 0 Å². The fourth-order valence-electron chi connectivity index (χ4n) is 1.79. The van der Waals surface area contributed by atoms with Crippen molar-refractivity contribution in [1.29, 1.82) is 0 Å². The molecule has 1 aliphatic carbocycles. The zero-order valence-corrected chi connectivity index (χ0v) is 12.2. The molecule has 1 saturated carbocycles. The van der Waals surface area contributed by atoms with Crippen molar-refractivity contribution in [3.8, 4) is 0 Å². The van der Waals surface area contributed by atoms with Crippen LogP contribution in [0.1, 0.15) is 31.2 Å².